The van der Waals surface area contributed by atoms with Crippen molar-refractivity contribution in [2.24, 2.45) is 5.73 Å². The number of nitrogens with zero attached hydrogens (tertiary/aromatic N) is 2. The number of fused-ring (bicyclic) bond motifs is 2. The summed E-state index contributed by atoms with van der Waals surface area (Å²) in [5, 5.41) is 8.03. The van der Waals surface area contributed by atoms with E-state index in [1.54, 1.807) is 36.4 Å². The van der Waals surface area contributed by atoms with Gasteiger partial charge in [0.25, 0.3) is 0 Å². The minimum Gasteiger partial charge on any atom is -0.369 e. The van der Waals surface area contributed by atoms with Gasteiger partial charge in [-0.15, -0.1) is 0 Å². The van der Waals surface area contributed by atoms with Crippen LogP contribution in [-0.4, -0.2) is 26.8 Å². The molecule has 0 aliphatic heterocycles. The molecule has 2 heterocycles. The number of halogens is 4. The van der Waals surface area contributed by atoms with Crippen LogP contribution in [0.15, 0.2) is 72.9 Å². The van der Waals surface area contributed by atoms with E-state index in [1.165, 1.54) is 41.2 Å². The summed E-state index contributed by atoms with van der Waals surface area (Å²) in [5.41, 5.74) is 7.62. The molecule has 1 atom stereocenters. The van der Waals surface area contributed by atoms with Crippen LogP contribution in [0.25, 0.3) is 27.5 Å². The average molecular weight is 481 g/mol. The Balaban J connectivity index is 1.52. The van der Waals surface area contributed by atoms with Gasteiger partial charge in [0.15, 0.2) is 0 Å². The first-order valence-electron chi connectivity index (χ1n) is 10.6. The molecule has 0 saturated heterocycles. The van der Waals surface area contributed by atoms with Crippen molar-refractivity contribution < 1.29 is 22.4 Å². The van der Waals surface area contributed by atoms with E-state index in [1.807, 2.05) is 0 Å². The number of benzene rings is 3. The fourth-order valence-electron chi connectivity index (χ4n) is 4.15. The first-order valence-corrected chi connectivity index (χ1v) is 10.6. The second-order valence-corrected chi connectivity index (χ2v) is 8.18. The molecule has 2 aromatic heterocycles. The third-order valence-electron chi connectivity index (χ3n) is 5.70. The predicted octanol–water partition coefficient (Wildman–Crippen LogP) is 5.39. The molecular formula is C25H19F4N5O. The van der Waals surface area contributed by atoms with Crippen LogP contribution in [0.4, 0.5) is 23.2 Å². The Morgan fingerprint density at radius 1 is 1.06 bits per heavy atom. The Hall–Kier alpha value is -4.34. The summed E-state index contributed by atoms with van der Waals surface area (Å²) in [4.78, 5) is 14.2. The van der Waals surface area contributed by atoms with E-state index in [0.717, 1.165) is 0 Å². The molecule has 0 saturated carbocycles. The van der Waals surface area contributed by atoms with Gasteiger partial charge in [-0.05, 0) is 54.1 Å². The number of anilines is 1. The number of aromatic amines is 1. The number of alkyl halides is 3. The Bertz CT molecular complexity index is 1540. The molecule has 178 valence electrons. The molecule has 5 rings (SSSR count). The van der Waals surface area contributed by atoms with Gasteiger partial charge in [0.05, 0.1) is 35.0 Å². The van der Waals surface area contributed by atoms with Crippen molar-refractivity contribution in [2.45, 2.75) is 18.6 Å². The SMILES string of the molecule is NC(=O)Cc1cc2cccc(NC(c3ccc4c(cnn4-c4ccc(F)cc4)c3)C(F)(F)F)c2[nH]1. The summed E-state index contributed by atoms with van der Waals surface area (Å²) in [6.45, 7) is 0. The van der Waals surface area contributed by atoms with Crippen molar-refractivity contribution in [1.29, 1.82) is 0 Å². The van der Waals surface area contributed by atoms with Gasteiger partial charge in [0, 0.05) is 16.5 Å². The standard InChI is InChI=1S/C25H19F4N5O/c26-17-5-7-19(8-6-17)34-21-9-4-15(10-16(21)13-31-34)24(25(27,28)29)33-20-3-1-2-14-11-18(12-22(30)35)32-23(14)20/h1-11,13,24,32-33H,12H2,(H2,30,35). The molecule has 0 fully saturated rings. The van der Waals surface area contributed by atoms with Gasteiger partial charge >= 0.3 is 6.18 Å². The van der Waals surface area contributed by atoms with E-state index >= 15 is 0 Å². The molecule has 35 heavy (non-hydrogen) atoms. The molecule has 4 N–H and O–H groups in total. The highest BCUT2D eigenvalue weighted by molar-refractivity contribution is 5.93. The molecule has 0 aliphatic carbocycles. The van der Waals surface area contributed by atoms with Crippen molar-refractivity contribution in [3.8, 4) is 5.69 Å². The van der Waals surface area contributed by atoms with E-state index < -0.39 is 23.9 Å². The van der Waals surface area contributed by atoms with Crippen molar-refractivity contribution in [3.63, 3.8) is 0 Å². The molecule has 0 spiro atoms. The Kier molecular flexibility index (Phi) is 5.43. The van der Waals surface area contributed by atoms with Gasteiger partial charge in [0.2, 0.25) is 5.91 Å². The molecule has 0 aliphatic rings. The first-order chi connectivity index (χ1) is 16.7. The van der Waals surface area contributed by atoms with Crippen LogP contribution in [0, 0.1) is 5.82 Å². The number of carbonyl (C=O) groups excluding carboxylic acids is 1. The van der Waals surface area contributed by atoms with Gasteiger partial charge in [-0.25, -0.2) is 9.07 Å². The minimum atomic E-state index is -4.61. The van der Waals surface area contributed by atoms with E-state index in [-0.39, 0.29) is 17.7 Å². The predicted molar refractivity (Wildman–Crippen MR) is 125 cm³/mol. The largest absolute Gasteiger partial charge is 0.412 e. The van der Waals surface area contributed by atoms with Gasteiger partial charge in [-0.3, -0.25) is 4.79 Å². The first kappa shape index (κ1) is 22.5. The molecule has 1 amide bonds. The Morgan fingerprint density at radius 3 is 2.54 bits per heavy atom. The van der Waals surface area contributed by atoms with E-state index in [0.29, 0.717) is 33.2 Å². The average Bonchev–Trinajstić information content (AvgIpc) is 3.40. The topological polar surface area (TPSA) is 88.7 Å². The fourth-order valence-corrected chi connectivity index (χ4v) is 4.15. The van der Waals surface area contributed by atoms with E-state index in [2.05, 4.69) is 15.4 Å². The summed E-state index contributed by atoms with van der Waals surface area (Å²) in [6.07, 6.45) is -3.19. The second kappa shape index (κ2) is 8.46. The molecule has 6 nitrogen and oxygen atoms in total. The Morgan fingerprint density at radius 2 is 1.83 bits per heavy atom. The highest BCUT2D eigenvalue weighted by Gasteiger charge is 2.41. The van der Waals surface area contributed by atoms with Crippen molar-refractivity contribution in [2.75, 3.05) is 5.32 Å². The summed E-state index contributed by atoms with van der Waals surface area (Å²) in [7, 11) is 0. The molecule has 0 bridgehead atoms. The summed E-state index contributed by atoms with van der Waals surface area (Å²) >= 11 is 0. The van der Waals surface area contributed by atoms with Crippen LogP contribution in [0.3, 0.4) is 0 Å². The van der Waals surface area contributed by atoms with Crippen molar-refractivity contribution in [1.82, 2.24) is 14.8 Å². The summed E-state index contributed by atoms with van der Waals surface area (Å²) in [6, 6.07) is 14.6. The number of nitrogens with two attached hydrogens (primary N) is 1. The lowest BCUT2D eigenvalue weighted by atomic mass is 10.0. The maximum atomic E-state index is 14.2. The summed E-state index contributed by atoms with van der Waals surface area (Å²) < 4.78 is 57.4. The van der Waals surface area contributed by atoms with Gasteiger partial charge in [-0.1, -0.05) is 18.2 Å². The highest BCUT2D eigenvalue weighted by atomic mass is 19.4. The van der Waals surface area contributed by atoms with Crippen LogP contribution in [0.5, 0.6) is 0 Å². The molecular weight excluding hydrogens is 462 g/mol. The van der Waals surface area contributed by atoms with Gasteiger partial charge in [-0.2, -0.15) is 18.3 Å². The van der Waals surface area contributed by atoms with Crippen LogP contribution in [0.2, 0.25) is 0 Å². The number of rotatable bonds is 6. The molecule has 3 aromatic carbocycles. The molecule has 1 unspecified atom stereocenters. The zero-order valence-electron chi connectivity index (χ0n) is 18.1. The zero-order chi connectivity index (χ0) is 24.7. The van der Waals surface area contributed by atoms with E-state index in [4.69, 9.17) is 5.73 Å². The Labute approximate surface area is 196 Å². The number of hydrogen-bond donors (Lipinski definition) is 3. The number of aromatic nitrogens is 3. The third-order valence-corrected chi connectivity index (χ3v) is 5.70. The number of para-hydroxylation sites is 1. The highest BCUT2D eigenvalue weighted by Crippen LogP contribution is 2.38. The molecule has 0 radical (unpaired) electrons. The number of carbonyl (C=O) groups is 1. The van der Waals surface area contributed by atoms with Crippen molar-refractivity contribution in [3.05, 3.63) is 90.0 Å². The van der Waals surface area contributed by atoms with E-state index in [9.17, 15) is 22.4 Å². The van der Waals surface area contributed by atoms with Crippen LogP contribution in [0.1, 0.15) is 17.3 Å². The van der Waals surface area contributed by atoms with Crippen LogP contribution < -0.4 is 11.1 Å². The summed E-state index contributed by atoms with van der Waals surface area (Å²) in [5.74, 6) is -0.945. The zero-order valence-corrected chi connectivity index (χ0v) is 18.1. The normalized spacial score (nSPS) is 12.8. The maximum Gasteiger partial charge on any atom is 0.412 e. The quantitative estimate of drug-likeness (QED) is 0.284. The van der Waals surface area contributed by atoms with Gasteiger partial charge < -0.3 is 16.0 Å². The van der Waals surface area contributed by atoms with Gasteiger partial charge in [0.1, 0.15) is 11.9 Å². The lowest BCUT2D eigenvalue weighted by Gasteiger charge is -2.23. The smallest absolute Gasteiger partial charge is 0.369 e. The number of H-pyrrole nitrogens is 1. The number of nitrogens with one attached hydrogen (secondary N) is 2. The number of amides is 1. The molecule has 10 heteroatoms. The number of primary amides is 1. The lowest BCUT2D eigenvalue weighted by molar-refractivity contribution is -0.143. The minimum absolute atomic E-state index is 0.00424. The fraction of sp³-hybridized carbons (Fsp3) is 0.120. The third kappa shape index (κ3) is 4.42. The lowest BCUT2D eigenvalue weighted by Crippen LogP contribution is -2.28. The number of hydrogen-bond acceptors (Lipinski definition) is 3. The monoisotopic (exact) mass is 481 g/mol. The molecule has 5 aromatic rings. The maximum absolute atomic E-state index is 14.2. The van der Waals surface area contributed by atoms with Crippen molar-refractivity contribution >= 4 is 33.4 Å². The van der Waals surface area contributed by atoms with Crippen LogP contribution >= 0.6 is 0 Å². The second-order valence-electron chi connectivity index (χ2n) is 8.18. The van der Waals surface area contributed by atoms with Crippen LogP contribution in [-0.2, 0) is 11.2 Å².